The lowest BCUT2D eigenvalue weighted by Gasteiger charge is -2.22. The lowest BCUT2D eigenvalue weighted by atomic mass is 10.3. The fourth-order valence-electron chi connectivity index (χ4n) is 1.07. The van der Waals surface area contributed by atoms with Crippen LogP contribution in [0.3, 0.4) is 0 Å². The van der Waals surface area contributed by atoms with E-state index >= 15 is 0 Å². The number of alkyl halides is 1. The summed E-state index contributed by atoms with van der Waals surface area (Å²) < 4.78 is 1.56. The first kappa shape index (κ1) is 11.0. The molecule has 0 saturated carbocycles. The number of hydrogen-bond acceptors (Lipinski definition) is 2. The minimum atomic E-state index is -0.0573. The molecule has 0 N–H and O–H groups in total. The maximum Gasteiger partial charge on any atom is 0.272 e. The number of aryl methyl sites for hydroxylation is 1. The van der Waals surface area contributed by atoms with Crippen LogP contribution in [0.5, 0.6) is 0 Å². The molecule has 4 nitrogen and oxygen atoms in total. The molecule has 0 aliphatic rings. The molecule has 0 saturated heterocycles. The van der Waals surface area contributed by atoms with E-state index in [9.17, 15) is 4.79 Å². The summed E-state index contributed by atoms with van der Waals surface area (Å²) in [7, 11) is 3.48. The van der Waals surface area contributed by atoms with Gasteiger partial charge in [-0.25, -0.2) is 0 Å². The number of carbonyl (C=O) groups excluding carboxylic acids is 1. The second kappa shape index (κ2) is 4.46. The van der Waals surface area contributed by atoms with E-state index in [0.717, 1.165) is 0 Å². The van der Waals surface area contributed by atoms with E-state index in [1.807, 2.05) is 6.92 Å². The topological polar surface area (TPSA) is 38.1 Å². The first-order chi connectivity index (χ1) is 6.57. The monoisotopic (exact) mass is 215 g/mol. The highest BCUT2D eigenvalue weighted by molar-refractivity contribution is 6.18. The van der Waals surface area contributed by atoms with E-state index in [-0.39, 0.29) is 11.9 Å². The molecule has 78 valence electrons. The Labute approximate surface area is 88.5 Å². The Hall–Kier alpha value is -1.03. The number of amides is 1. The van der Waals surface area contributed by atoms with Crippen LogP contribution in [-0.2, 0) is 7.05 Å². The molecule has 1 aromatic heterocycles. The third kappa shape index (κ3) is 2.07. The first-order valence-electron chi connectivity index (χ1n) is 4.39. The standard InChI is InChI=1S/C9H14ClN3O/c1-7(6-10)12(2)9(14)8-4-5-11-13(8)3/h4-5,7H,6H2,1-3H3. The summed E-state index contributed by atoms with van der Waals surface area (Å²) in [6, 6.07) is 1.72. The van der Waals surface area contributed by atoms with E-state index in [4.69, 9.17) is 11.6 Å². The van der Waals surface area contributed by atoms with Gasteiger partial charge in [-0.15, -0.1) is 11.6 Å². The third-order valence-corrected chi connectivity index (χ3v) is 2.69. The molecule has 1 atom stereocenters. The third-order valence-electron chi connectivity index (χ3n) is 2.24. The Bertz CT molecular complexity index is 324. The first-order valence-corrected chi connectivity index (χ1v) is 4.92. The lowest BCUT2D eigenvalue weighted by molar-refractivity contribution is 0.0745. The van der Waals surface area contributed by atoms with Crippen LogP contribution >= 0.6 is 11.6 Å². The molecule has 1 unspecified atom stereocenters. The Morgan fingerprint density at radius 2 is 2.43 bits per heavy atom. The summed E-state index contributed by atoms with van der Waals surface area (Å²) in [6.07, 6.45) is 1.60. The second-order valence-electron chi connectivity index (χ2n) is 3.26. The average molecular weight is 216 g/mol. The van der Waals surface area contributed by atoms with E-state index < -0.39 is 0 Å². The summed E-state index contributed by atoms with van der Waals surface area (Å²) in [5, 5.41) is 3.94. The summed E-state index contributed by atoms with van der Waals surface area (Å²) in [5.41, 5.74) is 0.574. The number of rotatable bonds is 3. The fraction of sp³-hybridized carbons (Fsp3) is 0.556. The Morgan fingerprint density at radius 1 is 1.79 bits per heavy atom. The molecule has 14 heavy (non-hydrogen) atoms. The number of hydrogen-bond donors (Lipinski definition) is 0. The molecule has 0 radical (unpaired) electrons. The van der Waals surface area contributed by atoms with Crippen molar-refractivity contribution in [3.63, 3.8) is 0 Å². The van der Waals surface area contributed by atoms with Gasteiger partial charge >= 0.3 is 0 Å². The fourth-order valence-corrected chi connectivity index (χ4v) is 1.28. The van der Waals surface area contributed by atoms with E-state index in [2.05, 4.69) is 5.10 Å². The van der Waals surface area contributed by atoms with Crippen LogP contribution in [0, 0.1) is 0 Å². The van der Waals surface area contributed by atoms with Crippen LogP contribution in [-0.4, -0.2) is 39.6 Å². The van der Waals surface area contributed by atoms with Crippen molar-refractivity contribution in [1.82, 2.24) is 14.7 Å². The normalized spacial score (nSPS) is 12.6. The zero-order valence-electron chi connectivity index (χ0n) is 8.57. The molecular weight excluding hydrogens is 202 g/mol. The van der Waals surface area contributed by atoms with Crippen molar-refractivity contribution in [1.29, 1.82) is 0 Å². The van der Waals surface area contributed by atoms with Gasteiger partial charge in [0, 0.05) is 32.2 Å². The van der Waals surface area contributed by atoms with E-state index in [0.29, 0.717) is 11.6 Å². The summed E-state index contributed by atoms with van der Waals surface area (Å²) >= 11 is 5.68. The van der Waals surface area contributed by atoms with Crippen molar-refractivity contribution < 1.29 is 4.79 Å². The second-order valence-corrected chi connectivity index (χ2v) is 3.57. The van der Waals surface area contributed by atoms with E-state index in [1.54, 1.807) is 35.9 Å². The summed E-state index contributed by atoms with van der Waals surface area (Å²) in [5.74, 6) is 0.373. The van der Waals surface area contributed by atoms with Gasteiger partial charge in [-0.1, -0.05) is 0 Å². The summed E-state index contributed by atoms with van der Waals surface area (Å²) in [4.78, 5) is 13.4. The highest BCUT2D eigenvalue weighted by Crippen LogP contribution is 2.06. The van der Waals surface area contributed by atoms with Gasteiger partial charge in [0.1, 0.15) is 5.69 Å². The van der Waals surface area contributed by atoms with Crippen LogP contribution in [0.15, 0.2) is 12.3 Å². The van der Waals surface area contributed by atoms with Crippen LogP contribution < -0.4 is 0 Å². The Balaban J connectivity index is 2.81. The van der Waals surface area contributed by atoms with Crippen molar-refractivity contribution in [2.75, 3.05) is 12.9 Å². The minimum Gasteiger partial charge on any atom is -0.336 e. The number of aromatic nitrogens is 2. The molecule has 0 spiro atoms. The van der Waals surface area contributed by atoms with Crippen LogP contribution in [0.4, 0.5) is 0 Å². The van der Waals surface area contributed by atoms with Crippen molar-refractivity contribution in [3.8, 4) is 0 Å². The van der Waals surface area contributed by atoms with Gasteiger partial charge < -0.3 is 4.90 Å². The predicted octanol–water partition coefficient (Wildman–Crippen LogP) is 1.12. The van der Waals surface area contributed by atoms with Crippen molar-refractivity contribution >= 4 is 17.5 Å². The predicted molar refractivity (Wildman–Crippen MR) is 55.5 cm³/mol. The number of nitrogens with zero attached hydrogens (tertiary/aromatic N) is 3. The van der Waals surface area contributed by atoms with Gasteiger partial charge in [-0.3, -0.25) is 9.48 Å². The molecule has 1 heterocycles. The lowest BCUT2D eigenvalue weighted by Crippen LogP contribution is -2.37. The Kier molecular flexibility index (Phi) is 3.52. The largest absolute Gasteiger partial charge is 0.336 e. The SMILES string of the molecule is CC(CCl)N(C)C(=O)c1ccnn1C. The van der Waals surface area contributed by atoms with Gasteiger partial charge in [0.25, 0.3) is 5.91 Å². The molecule has 0 aliphatic carbocycles. The zero-order chi connectivity index (χ0) is 10.7. The maximum absolute atomic E-state index is 11.8. The Morgan fingerprint density at radius 3 is 2.86 bits per heavy atom. The maximum atomic E-state index is 11.8. The summed E-state index contributed by atoms with van der Waals surface area (Å²) in [6.45, 7) is 1.90. The highest BCUT2D eigenvalue weighted by atomic mass is 35.5. The van der Waals surface area contributed by atoms with Crippen molar-refractivity contribution in [2.45, 2.75) is 13.0 Å². The van der Waals surface area contributed by atoms with Gasteiger partial charge in [0.2, 0.25) is 0 Å². The van der Waals surface area contributed by atoms with Crippen LogP contribution in [0.2, 0.25) is 0 Å². The number of carbonyl (C=O) groups is 1. The average Bonchev–Trinajstić information content (AvgIpc) is 2.61. The molecule has 1 aromatic rings. The molecule has 0 bridgehead atoms. The molecule has 1 amide bonds. The molecule has 0 fully saturated rings. The highest BCUT2D eigenvalue weighted by Gasteiger charge is 2.18. The molecular formula is C9H14ClN3O. The quantitative estimate of drug-likeness (QED) is 0.709. The van der Waals surface area contributed by atoms with Crippen molar-refractivity contribution in [2.24, 2.45) is 7.05 Å². The van der Waals surface area contributed by atoms with Gasteiger partial charge in [0.15, 0.2) is 0 Å². The zero-order valence-corrected chi connectivity index (χ0v) is 9.32. The molecule has 1 rings (SSSR count). The van der Waals surface area contributed by atoms with E-state index in [1.165, 1.54) is 0 Å². The van der Waals surface area contributed by atoms with Crippen molar-refractivity contribution in [3.05, 3.63) is 18.0 Å². The minimum absolute atomic E-state index is 0.0269. The van der Waals surface area contributed by atoms with Crippen LogP contribution in [0.1, 0.15) is 17.4 Å². The molecule has 0 aromatic carbocycles. The number of halogens is 1. The molecule has 0 aliphatic heterocycles. The van der Waals surface area contributed by atoms with Gasteiger partial charge in [-0.05, 0) is 13.0 Å². The smallest absolute Gasteiger partial charge is 0.272 e. The van der Waals surface area contributed by atoms with Gasteiger partial charge in [-0.2, -0.15) is 5.10 Å². The van der Waals surface area contributed by atoms with Crippen LogP contribution in [0.25, 0.3) is 0 Å². The van der Waals surface area contributed by atoms with Gasteiger partial charge in [0.05, 0.1) is 0 Å². The molecule has 5 heteroatoms.